The molecule has 0 saturated heterocycles. The van der Waals surface area contributed by atoms with Crippen LogP contribution in [0.3, 0.4) is 0 Å². The Morgan fingerprint density at radius 2 is 2.24 bits per heavy atom. The van der Waals surface area contributed by atoms with Crippen LogP contribution in [0.4, 0.5) is 0 Å². The number of sulfone groups is 1. The first kappa shape index (κ1) is 14.1. The molecule has 7 heteroatoms. The van der Waals surface area contributed by atoms with Crippen molar-refractivity contribution in [3.63, 3.8) is 0 Å². The van der Waals surface area contributed by atoms with Gasteiger partial charge in [0.25, 0.3) is 5.91 Å². The molecule has 17 heavy (non-hydrogen) atoms. The molecular formula is C10H13BrN2O3S. The quantitative estimate of drug-likeness (QED) is 0.821. The average molecular weight is 321 g/mol. The van der Waals surface area contributed by atoms with Crippen molar-refractivity contribution >= 4 is 31.7 Å². The summed E-state index contributed by atoms with van der Waals surface area (Å²) < 4.78 is 23.0. The molecule has 1 aromatic rings. The highest BCUT2D eigenvalue weighted by atomic mass is 79.9. The Labute approximate surface area is 109 Å². The van der Waals surface area contributed by atoms with Gasteiger partial charge in [0.15, 0.2) is 9.84 Å². The third-order valence-corrected chi connectivity index (χ3v) is 4.27. The largest absolute Gasteiger partial charge is 0.351 e. The van der Waals surface area contributed by atoms with E-state index in [-0.39, 0.29) is 24.0 Å². The third kappa shape index (κ3) is 4.82. The second kappa shape index (κ2) is 6.11. The molecule has 1 N–H and O–H groups in total. The summed E-state index contributed by atoms with van der Waals surface area (Å²) >= 11 is 3.15. The predicted molar refractivity (Wildman–Crippen MR) is 68.6 cm³/mol. The molecule has 0 aromatic carbocycles. The van der Waals surface area contributed by atoms with E-state index in [9.17, 15) is 13.2 Å². The lowest BCUT2D eigenvalue weighted by Gasteiger charge is -2.05. The number of rotatable bonds is 5. The van der Waals surface area contributed by atoms with Gasteiger partial charge in [0.2, 0.25) is 0 Å². The summed E-state index contributed by atoms with van der Waals surface area (Å²) in [5, 5.41) is 2.55. The number of hydrogen-bond acceptors (Lipinski definition) is 4. The van der Waals surface area contributed by atoms with Crippen LogP contribution in [0.5, 0.6) is 0 Å². The molecule has 1 heterocycles. The molecule has 0 unspecified atom stereocenters. The van der Waals surface area contributed by atoms with E-state index in [2.05, 4.69) is 26.2 Å². The Morgan fingerprint density at radius 1 is 1.53 bits per heavy atom. The van der Waals surface area contributed by atoms with E-state index in [1.165, 1.54) is 6.20 Å². The molecule has 0 aliphatic carbocycles. The fourth-order valence-electron chi connectivity index (χ4n) is 1.11. The van der Waals surface area contributed by atoms with E-state index in [0.29, 0.717) is 10.2 Å². The van der Waals surface area contributed by atoms with Gasteiger partial charge in [0.05, 0.1) is 5.75 Å². The van der Waals surface area contributed by atoms with Crippen LogP contribution in [-0.4, -0.2) is 37.4 Å². The van der Waals surface area contributed by atoms with E-state index in [4.69, 9.17) is 0 Å². The van der Waals surface area contributed by atoms with Gasteiger partial charge in [0.1, 0.15) is 4.60 Å². The predicted octanol–water partition coefficient (Wildman–Crippen LogP) is 1.01. The Hall–Kier alpha value is -0.950. The normalized spacial score (nSPS) is 11.2. The minimum Gasteiger partial charge on any atom is -0.351 e. The smallest absolute Gasteiger partial charge is 0.251 e. The zero-order valence-electron chi connectivity index (χ0n) is 9.31. The van der Waals surface area contributed by atoms with Gasteiger partial charge in [-0.1, -0.05) is 6.92 Å². The molecule has 0 radical (unpaired) electrons. The van der Waals surface area contributed by atoms with Gasteiger partial charge in [-0.3, -0.25) is 4.79 Å². The van der Waals surface area contributed by atoms with Crippen molar-refractivity contribution in [3.05, 3.63) is 28.5 Å². The van der Waals surface area contributed by atoms with Gasteiger partial charge in [0, 0.05) is 24.1 Å². The fourth-order valence-corrected chi connectivity index (χ4v) is 2.18. The van der Waals surface area contributed by atoms with Crippen LogP contribution in [-0.2, 0) is 9.84 Å². The lowest BCUT2D eigenvalue weighted by atomic mass is 10.2. The number of nitrogens with zero attached hydrogens (tertiary/aromatic N) is 1. The van der Waals surface area contributed by atoms with Crippen molar-refractivity contribution in [3.8, 4) is 0 Å². The van der Waals surface area contributed by atoms with Gasteiger partial charge in [-0.05, 0) is 28.1 Å². The molecule has 0 aliphatic heterocycles. The Balaban J connectivity index is 2.51. The van der Waals surface area contributed by atoms with Gasteiger partial charge in [-0.25, -0.2) is 13.4 Å². The number of halogens is 1. The highest BCUT2D eigenvalue weighted by Crippen LogP contribution is 2.07. The Morgan fingerprint density at radius 3 is 2.82 bits per heavy atom. The van der Waals surface area contributed by atoms with Gasteiger partial charge in [-0.2, -0.15) is 0 Å². The lowest BCUT2D eigenvalue weighted by molar-refractivity contribution is 0.0956. The summed E-state index contributed by atoms with van der Waals surface area (Å²) in [6.45, 7) is 1.70. The standard InChI is InChI=1S/C10H13BrN2O3S/c1-2-17(15,16)6-5-13-10(14)8-3-4-12-9(11)7-8/h3-4,7H,2,5-6H2,1H3,(H,13,14). The maximum Gasteiger partial charge on any atom is 0.251 e. The molecule has 1 aromatic heterocycles. The van der Waals surface area contributed by atoms with Gasteiger partial charge < -0.3 is 5.32 Å². The summed E-state index contributed by atoms with van der Waals surface area (Å²) in [5.74, 6) is -0.259. The SMILES string of the molecule is CCS(=O)(=O)CCNC(=O)c1ccnc(Br)c1. The summed E-state index contributed by atoms with van der Waals surface area (Å²) in [4.78, 5) is 15.5. The molecule has 0 aliphatic rings. The summed E-state index contributed by atoms with van der Waals surface area (Å²) in [6.07, 6.45) is 1.50. The number of hydrogen-bond donors (Lipinski definition) is 1. The minimum atomic E-state index is -3.04. The van der Waals surface area contributed by atoms with E-state index in [0.717, 1.165) is 0 Å². The van der Waals surface area contributed by atoms with Gasteiger partial charge >= 0.3 is 0 Å². The zero-order chi connectivity index (χ0) is 12.9. The van der Waals surface area contributed by atoms with Crippen LogP contribution in [0.15, 0.2) is 22.9 Å². The molecule has 0 fully saturated rings. The summed E-state index contributed by atoms with van der Waals surface area (Å²) in [6, 6.07) is 3.14. The van der Waals surface area contributed by atoms with Crippen LogP contribution < -0.4 is 5.32 Å². The van der Waals surface area contributed by atoms with Crippen LogP contribution in [0.1, 0.15) is 17.3 Å². The van der Waals surface area contributed by atoms with Gasteiger partial charge in [-0.15, -0.1) is 0 Å². The molecular weight excluding hydrogens is 308 g/mol. The van der Waals surface area contributed by atoms with Crippen LogP contribution in [0.2, 0.25) is 0 Å². The van der Waals surface area contributed by atoms with Crippen molar-refractivity contribution in [1.29, 1.82) is 0 Å². The Bertz CT molecular complexity index is 502. The molecule has 94 valence electrons. The van der Waals surface area contributed by atoms with Crippen molar-refractivity contribution in [1.82, 2.24) is 10.3 Å². The second-order valence-corrected chi connectivity index (χ2v) is 6.64. The molecule has 0 bridgehead atoms. The lowest BCUT2D eigenvalue weighted by Crippen LogP contribution is -2.29. The highest BCUT2D eigenvalue weighted by molar-refractivity contribution is 9.10. The van der Waals surface area contributed by atoms with Crippen molar-refractivity contribution < 1.29 is 13.2 Å². The molecule has 0 spiro atoms. The maximum atomic E-state index is 11.6. The Kier molecular flexibility index (Phi) is 5.07. The molecule has 5 nitrogen and oxygen atoms in total. The van der Waals surface area contributed by atoms with Crippen LogP contribution >= 0.6 is 15.9 Å². The van der Waals surface area contributed by atoms with Crippen molar-refractivity contribution in [2.24, 2.45) is 0 Å². The second-order valence-electron chi connectivity index (χ2n) is 3.36. The van der Waals surface area contributed by atoms with E-state index >= 15 is 0 Å². The molecule has 1 rings (SSSR count). The van der Waals surface area contributed by atoms with E-state index in [1.807, 2.05) is 0 Å². The number of amides is 1. The molecule has 1 amide bonds. The topological polar surface area (TPSA) is 76.1 Å². The van der Waals surface area contributed by atoms with Crippen molar-refractivity contribution in [2.75, 3.05) is 18.1 Å². The van der Waals surface area contributed by atoms with E-state index < -0.39 is 9.84 Å². The number of carbonyl (C=O) groups is 1. The maximum absolute atomic E-state index is 11.6. The first-order chi connectivity index (χ1) is 7.94. The highest BCUT2D eigenvalue weighted by Gasteiger charge is 2.09. The number of pyridine rings is 1. The van der Waals surface area contributed by atoms with Crippen molar-refractivity contribution in [2.45, 2.75) is 6.92 Å². The average Bonchev–Trinajstić information content (AvgIpc) is 2.28. The summed E-state index contributed by atoms with van der Waals surface area (Å²) in [5.41, 5.74) is 0.445. The summed E-state index contributed by atoms with van der Waals surface area (Å²) in [7, 11) is -3.04. The first-order valence-electron chi connectivity index (χ1n) is 5.05. The van der Waals surface area contributed by atoms with Crippen LogP contribution in [0.25, 0.3) is 0 Å². The van der Waals surface area contributed by atoms with E-state index in [1.54, 1.807) is 19.1 Å². The number of nitrogens with one attached hydrogen (secondary N) is 1. The first-order valence-corrected chi connectivity index (χ1v) is 7.66. The third-order valence-electron chi connectivity index (χ3n) is 2.13. The molecule has 0 atom stereocenters. The van der Waals surface area contributed by atoms with Crippen LogP contribution in [0, 0.1) is 0 Å². The number of aromatic nitrogens is 1. The number of carbonyl (C=O) groups excluding carboxylic acids is 1. The minimum absolute atomic E-state index is 0.0402. The molecule has 0 saturated carbocycles. The zero-order valence-corrected chi connectivity index (χ0v) is 11.7. The monoisotopic (exact) mass is 320 g/mol. The fraction of sp³-hybridized carbons (Fsp3) is 0.400.